The summed E-state index contributed by atoms with van der Waals surface area (Å²) in [5.74, 6) is -1.04. The van der Waals surface area contributed by atoms with E-state index >= 15 is 0 Å². The van der Waals surface area contributed by atoms with Crippen LogP contribution in [0, 0.1) is 5.92 Å². The van der Waals surface area contributed by atoms with Crippen LogP contribution in [0.4, 0.5) is 0 Å². The molecule has 0 aromatic heterocycles. The zero-order valence-electron chi connectivity index (χ0n) is 13.7. The van der Waals surface area contributed by atoms with Crippen molar-refractivity contribution in [2.45, 2.75) is 45.8 Å². The van der Waals surface area contributed by atoms with Crippen molar-refractivity contribution >= 4 is 11.9 Å². The number of rotatable bonds is 8. The van der Waals surface area contributed by atoms with E-state index in [1.807, 2.05) is 56.1 Å². The predicted octanol–water partition coefficient (Wildman–Crippen LogP) is 2.12. The number of carboxylic acid groups (broad SMARTS) is 1. The highest BCUT2D eigenvalue weighted by atomic mass is 16.4. The van der Waals surface area contributed by atoms with Crippen LogP contribution >= 0.6 is 0 Å². The number of carbonyl (C=O) groups is 2. The Balaban J connectivity index is 2.61. The summed E-state index contributed by atoms with van der Waals surface area (Å²) in [5.41, 5.74) is 1.11. The molecule has 5 heteroatoms. The zero-order valence-corrected chi connectivity index (χ0v) is 13.7. The highest BCUT2D eigenvalue weighted by Gasteiger charge is 2.25. The molecule has 0 aliphatic heterocycles. The molecule has 1 amide bonds. The number of carbonyl (C=O) groups excluding carboxylic acids is 1. The first-order valence-electron chi connectivity index (χ1n) is 7.58. The summed E-state index contributed by atoms with van der Waals surface area (Å²) in [6.07, 6.45) is 0.427. The number of benzene rings is 1. The van der Waals surface area contributed by atoms with E-state index in [-0.39, 0.29) is 11.8 Å². The van der Waals surface area contributed by atoms with Gasteiger partial charge in [0.05, 0.1) is 6.04 Å². The van der Waals surface area contributed by atoms with Gasteiger partial charge in [-0.05, 0) is 31.9 Å². The predicted molar refractivity (Wildman–Crippen MR) is 86.4 cm³/mol. The third kappa shape index (κ3) is 5.85. The highest BCUT2D eigenvalue weighted by molar-refractivity contribution is 5.86. The van der Waals surface area contributed by atoms with Crippen LogP contribution < -0.4 is 5.32 Å². The lowest BCUT2D eigenvalue weighted by molar-refractivity contribution is -0.143. The third-order valence-electron chi connectivity index (χ3n) is 3.64. The fourth-order valence-electron chi connectivity index (χ4n) is 2.19. The van der Waals surface area contributed by atoms with Crippen molar-refractivity contribution < 1.29 is 14.7 Å². The van der Waals surface area contributed by atoms with Crippen LogP contribution in [0.1, 0.15) is 32.8 Å². The van der Waals surface area contributed by atoms with E-state index in [9.17, 15) is 14.7 Å². The lowest BCUT2D eigenvalue weighted by Crippen LogP contribution is -2.49. The fourth-order valence-corrected chi connectivity index (χ4v) is 2.19. The summed E-state index contributed by atoms with van der Waals surface area (Å²) in [6.45, 7) is 6.30. The number of nitrogens with one attached hydrogen (secondary N) is 1. The van der Waals surface area contributed by atoms with E-state index in [0.29, 0.717) is 13.0 Å². The number of carboxylic acids is 1. The Morgan fingerprint density at radius 3 is 2.27 bits per heavy atom. The van der Waals surface area contributed by atoms with Crippen LogP contribution in [0.15, 0.2) is 30.3 Å². The van der Waals surface area contributed by atoms with Gasteiger partial charge in [-0.25, -0.2) is 4.79 Å². The third-order valence-corrected chi connectivity index (χ3v) is 3.64. The second kappa shape index (κ2) is 8.54. The molecule has 0 heterocycles. The molecule has 0 spiro atoms. The van der Waals surface area contributed by atoms with Gasteiger partial charge in [-0.2, -0.15) is 0 Å². The van der Waals surface area contributed by atoms with Crippen molar-refractivity contribution in [3.05, 3.63) is 35.9 Å². The maximum Gasteiger partial charge on any atom is 0.326 e. The number of likely N-dealkylation sites (N-methyl/N-ethyl adjacent to an activating group) is 1. The van der Waals surface area contributed by atoms with E-state index in [2.05, 4.69) is 5.32 Å². The second-order valence-electron chi connectivity index (χ2n) is 6.11. The van der Waals surface area contributed by atoms with Gasteiger partial charge in [0, 0.05) is 6.54 Å². The van der Waals surface area contributed by atoms with Gasteiger partial charge in [0.25, 0.3) is 0 Å². The zero-order chi connectivity index (χ0) is 16.7. The average Bonchev–Trinajstić information content (AvgIpc) is 2.46. The molecule has 2 N–H and O–H groups in total. The van der Waals surface area contributed by atoms with Crippen molar-refractivity contribution in [3.8, 4) is 0 Å². The van der Waals surface area contributed by atoms with Crippen molar-refractivity contribution in [1.29, 1.82) is 0 Å². The summed E-state index contributed by atoms with van der Waals surface area (Å²) in [4.78, 5) is 25.4. The molecular formula is C17H26N2O3. The fraction of sp³-hybridized carbons (Fsp3) is 0.529. The molecule has 2 atom stereocenters. The normalized spacial score (nSPS) is 13.9. The standard InChI is InChI=1S/C17H26N2O3/c1-12(2)10-15(17(21)22)18-16(20)13(3)19(4)11-14-8-6-5-7-9-14/h5-9,12-13,15H,10-11H2,1-4H3,(H,18,20)(H,21,22)/t13?,15-/m0/s1. The molecule has 22 heavy (non-hydrogen) atoms. The summed E-state index contributed by atoms with van der Waals surface area (Å²) in [6, 6.07) is 8.63. The number of hydrogen-bond donors (Lipinski definition) is 2. The maximum atomic E-state index is 12.3. The van der Waals surface area contributed by atoms with Gasteiger partial charge in [0.15, 0.2) is 0 Å². The Kier molecular flexibility index (Phi) is 7.05. The first kappa shape index (κ1) is 18.2. The Hall–Kier alpha value is -1.88. The number of amides is 1. The molecule has 0 saturated carbocycles. The second-order valence-corrected chi connectivity index (χ2v) is 6.11. The topological polar surface area (TPSA) is 69.6 Å². The van der Waals surface area contributed by atoms with E-state index < -0.39 is 18.1 Å². The van der Waals surface area contributed by atoms with Crippen molar-refractivity contribution in [2.24, 2.45) is 5.92 Å². The van der Waals surface area contributed by atoms with Gasteiger partial charge in [-0.3, -0.25) is 9.69 Å². The Morgan fingerprint density at radius 2 is 1.77 bits per heavy atom. The molecule has 1 unspecified atom stereocenters. The van der Waals surface area contributed by atoms with E-state index in [0.717, 1.165) is 5.56 Å². The largest absolute Gasteiger partial charge is 0.480 e. The van der Waals surface area contributed by atoms with E-state index in [1.165, 1.54) is 0 Å². The first-order valence-corrected chi connectivity index (χ1v) is 7.58. The molecule has 0 aliphatic rings. The van der Waals surface area contributed by atoms with Gasteiger partial charge < -0.3 is 10.4 Å². The maximum absolute atomic E-state index is 12.3. The molecule has 122 valence electrons. The summed E-state index contributed by atoms with van der Waals surface area (Å²) in [7, 11) is 1.86. The van der Waals surface area contributed by atoms with Gasteiger partial charge in [0.2, 0.25) is 5.91 Å². The van der Waals surface area contributed by atoms with Crippen LogP contribution in [0.3, 0.4) is 0 Å². The van der Waals surface area contributed by atoms with Crippen LogP contribution in [0.2, 0.25) is 0 Å². The molecule has 1 aromatic rings. The lowest BCUT2D eigenvalue weighted by Gasteiger charge is -2.26. The minimum absolute atomic E-state index is 0.207. The van der Waals surface area contributed by atoms with Crippen LogP contribution in [0.25, 0.3) is 0 Å². The molecular weight excluding hydrogens is 280 g/mol. The SMILES string of the molecule is CC(C)C[C@H](NC(=O)C(C)N(C)Cc1ccccc1)C(=O)O. The molecule has 1 aromatic carbocycles. The van der Waals surface area contributed by atoms with Crippen LogP contribution in [-0.2, 0) is 16.1 Å². The monoisotopic (exact) mass is 306 g/mol. The van der Waals surface area contributed by atoms with Crippen molar-refractivity contribution in [3.63, 3.8) is 0 Å². The van der Waals surface area contributed by atoms with Gasteiger partial charge in [0.1, 0.15) is 6.04 Å². The molecule has 0 fully saturated rings. The minimum Gasteiger partial charge on any atom is -0.480 e. The van der Waals surface area contributed by atoms with Crippen molar-refractivity contribution in [2.75, 3.05) is 7.05 Å². The summed E-state index contributed by atoms with van der Waals surface area (Å²) < 4.78 is 0. The number of nitrogens with zero attached hydrogens (tertiary/aromatic N) is 1. The summed E-state index contributed by atoms with van der Waals surface area (Å²) >= 11 is 0. The molecule has 0 radical (unpaired) electrons. The molecule has 0 saturated heterocycles. The van der Waals surface area contributed by atoms with E-state index in [1.54, 1.807) is 6.92 Å². The molecule has 1 rings (SSSR count). The smallest absolute Gasteiger partial charge is 0.326 e. The minimum atomic E-state index is -0.986. The Morgan fingerprint density at radius 1 is 1.18 bits per heavy atom. The van der Waals surface area contributed by atoms with E-state index in [4.69, 9.17) is 0 Å². The van der Waals surface area contributed by atoms with Gasteiger partial charge in [-0.1, -0.05) is 44.2 Å². The average molecular weight is 306 g/mol. The quantitative estimate of drug-likeness (QED) is 0.772. The van der Waals surface area contributed by atoms with Crippen LogP contribution in [-0.4, -0.2) is 41.0 Å². The van der Waals surface area contributed by atoms with Gasteiger partial charge in [-0.15, -0.1) is 0 Å². The molecule has 5 nitrogen and oxygen atoms in total. The Bertz CT molecular complexity index is 488. The Labute approximate surface area is 132 Å². The highest BCUT2D eigenvalue weighted by Crippen LogP contribution is 2.08. The lowest BCUT2D eigenvalue weighted by atomic mass is 10.0. The van der Waals surface area contributed by atoms with Crippen molar-refractivity contribution in [1.82, 2.24) is 10.2 Å². The molecule has 0 bridgehead atoms. The van der Waals surface area contributed by atoms with Crippen LogP contribution in [0.5, 0.6) is 0 Å². The first-order chi connectivity index (χ1) is 10.3. The van der Waals surface area contributed by atoms with Gasteiger partial charge >= 0.3 is 5.97 Å². The molecule has 0 aliphatic carbocycles. The number of aliphatic carboxylic acids is 1. The summed E-state index contributed by atoms with van der Waals surface area (Å²) in [5, 5.41) is 11.8. The number of hydrogen-bond acceptors (Lipinski definition) is 3.